The molecule has 21 heavy (non-hydrogen) atoms. The largest absolute Gasteiger partial charge is 0.316 e. The normalized spacial score (nSPS) is 12.6. The molecular weight excluding hydrogens is 305 g/mol. The molecular formula is C16H21Cl2N3. The lowest BCUT2D eigenvalue weighted by Gasteiger charge is -2.17. The number of nitrogens with one attached hydrogen (secondary N) is 1. The van der Waals surface area contributed by atoms with Crippen LogP contribution in [-0.2, 0) is 19.4 Å². The molecule has 0 amide bonds. The van der Waals surface area contributed by atoms with Gasteiger partial charge in [0.1, 0.15) is 0 Å². The zero-order valence-corrected chi connectivity index (χ0v) is 14.2. The molecule has 0 bridgehead atoms. The monoisotopic (exact) mass is 325 g/mol. The molecule has 2 aromatic rings. The summed E-state index contributed by atoms with van der Waals surface area (Å²) in [5, 5.41) is 9.39. The van der Waals surface area contributed by atoms with Crippen molar-refractivity contribution < 1.29 is 0 Å². The third kappa shape index (κ3) is 4.00. The van der Waals surface area contributed by atoms with Crippen LogP contribution in [0, 0.1) is 6.92 Å². The summed E-state index contributed by atoms with van der Waals surface area (Å²) in [6.45, 7) is 4.87. The van der Waals surface area contributed by atoms with Gasteiger partial charge in [-0.05, 0) is 45.0 Å². The van der Waals surface area contributed by atoms with E-state index >= 15 is 0 Å². The molecule has 1 unspecified atom stereocenters. The number of nitrogens with zero attached hydrogens (tertiary/aromatic N) is 2. The Morgan fingerprint density at radius 2 is 1.86 bits per heavy atom. The maximum absolute atomic E-state index is 6.39. The van der Waals surface area contributed by atoms with E-state index in [9.17, 15) is 0 Å². The average molecular weight is 326 g/mol. The van der Waals surface area contributed by atoms with Gasteiger partial charge in [0.15, 0.2) is 0 Å². The Labute approximate surface area is 136 Å². The molecule has 1 aromatic heterocycles. The van der Waals surface area contributed by atoms with Gasteiger partial charge in [0, 0.05) is 24.0 Å². The SMILES string of the molecule is CCn1nc(C)c(Cl)c1CC(Cc1ccc(Cl)cc1)NC. The Morgan fingerprint density at radius 3 is 2.43 bits per heavy atom. The van der Waals surface area contributed by atoms with Crippen LogP contribution in [0.3, 0.4) is 0 Å². The summed E-state index contributed by atoms with van der Waals surface area (Å²) in [6, 6.07) is 8.30. The van der Waals surface area contributed by atoms with Crippen LogP contribution in [0.1, 0.15) is 23.9 Å². The van der Waals surface area contributed by atoms with Crippen molar-refractivity contribution in [2.75, 3.05) is 7.05 Å². The summed E-state index contributed by atoms with van der Waals surface area (Å²) in [7, 11) is 1.98. The van der Waals surface area contributed by atoms with E-state index in [1.807, 2.05) is 30.8 Å². The molecule has 1 atom stereocenters. The van der Waals surface area contributed by atoms with Crippen LogP contribution in [0.25, 0.3) is 0 Å². The van der Waals surface area contributed by atoms with Crippen molar-refractivity contribution in [3.63, 3.8) is 0 Å². The third-order valence-corrected chi connectivity index (χ3v) is 4.44. The minimum absolute atomic E-state index is 0.310. The first kappa shape index (κ1) is 16.3. The predicted octanol–water partition coefficient (Wildman–Crippen LogP) is 3.89. The second kappa shape index (κ2) is 7.30. The van der Waals surface area contributed by atoms with Crippen LogP contribution < -0.4 is 5.32 Å². The van der Waals surface area contributed by atoms with E-state index in [0.717, 1.165) is 40.8 Å². The molecule has 0 saturated carbocycles. The van der Waals surface area contributed by atoms with E-state index in [1.165, 1.54) is 5.56 Å². The van der Waals surface area contributed by atoms with E-state index in [2.05, 4.69) is 29.5 Å². The van der Waals surface area contributed by atoms with Crippen LogP contribution in [0.15, 0.2) is 24.3 Å². The Morgan fingerprint density at radius 1 is 1.19 bits per heavy atom. The van der Waals surface area contributed by atoms with E-state index < -0.39 is 0 Å². The van der Waals surface area contributed by atoms with Crippen LogP contribution in [0.2, 0.25) is 10.0 Å². The lowest BCUT2D eigenvalue weighted by atomic mass is 10.0. The van der Waals surface area contributed by atoms with Gasteiger partial charge in [-0.25, -0.2) is 0 Å². The molecule has 0 spiro atoms. The van der Waals surface area contributed by atoms with Gasteiger partial charge in [-0.15, -0.1) is 0 Å². The Bertz CT molecular complexity index is 590. The number of aromatic nitrogens is 2. The van der Waals surface area contributed by atoms with Gasteiger partial charge in [0.2, 0.25) is 0 Å². The van der Waals surface area contributed by atoms with Gasteiger partial charge in [-0.1, -0.05) is 35.3 Å². The maximum atomic E-state index is 6.39. The zero-order chi connectivity index (χ0) is 15.4. The van der Waals surface area contributed by atoms with E-state index in [0.29, 0.717) is 6.04 Å². The summed E-state index contributed by atoms with van der Waals surface area (Å²) in [6.07, 6.45) is 1.78. The van der Waals surface area contributed by atoms with Gasteiger partial charge in [-0.3, -0.25) is 4.68 Å². The number of aryl methyl sites for hydroxylation is 2. The van der Waals surface area contributed by atoms with Gasteiger partial charge in [0.05, 0.1) is 16.4 Å². The summed E-state index contributed by atoms with van der Waals surface area (Å²) < 4.78 is 1.99. The Hall–Kier alpha value is -1.03. The van der Waals surface area contributed by atoms with E-state index in [4.69, 9.17) is 23.2 Å². The quantitative estimate of drug-likeness (QED) is 0.873. The van der Waals surface area contributed by atoms with Crippen molar-refractivity contribution in [3.05, 3.63) is 51.3 Å². The van der Waals surface area contributed by atoms with Gasteiger partial charge in [0.25, 0.3) is 0 Å². The number of hydrogen-bond acceptors (Lipinski definition) is 2. The lowest BCUT2D eigenvalue weighted by molar-refractivity contribution is 0.520. The van der Waals surface area contributed by atoms with E-state index in [-0.39, 0.29) is 0 Å². The highest BCUT2D eigenvalue weighted by Crippen LogP contribution is 2.22. The lowest BCUT2D eigenvalue weighted by Crippen LogP contribution is -2.31. The van der Waals surface area contributed by atoms with Crippen molar-refractivity contribution in [3.8, 4) is 0 Å². The molecule has 0 aliphatic rings. The molecule has 0 saturated heterocycles. The second-order valence-electron chi connectivity index (χ2n) is 5.18. The van der Waals surface area contributed by atoms with Crippen LogP contribution in [0.4, 0.5) is 0 Å². The molecule has 0 aliphatic heterocycles. The fourth-order valence-electron chi connectivity index (χ4n) is 2.48. The van der Waals surface area contributed by atoms with Crippen molar-refractivity contribution in [1.29, 1.82) is 0 Å². The molecule has 5 heteroatoms. The molecule has 0 radical (unpaired) electrons. The predicted molar refractivity (Wildman–Crippen MR) is 89.4 cm³/mol. The number of benzene rings is 1. The highest BCUT2D eigenvalue weighted by atomic mass is 35.5. The summed E-state index contributed by atoms with van der Waals surface area (Å²) in [5.41, 5.74) is 3.26. The summed E-state index contributed by atoms with van der Waals surface area (Å²) in [4.78, 5) is 0. The minimum Gasteiger partial charge on any atom is -0.316 e. The second-order valence-corrected chi connectivity index (χ2v) is 6.00. The fraction of sp³-hybridized carbons (Fsp3) is 0.438. The topological polar surface area (TPSA) is 29.9 Å². The zero-order valence-electron chi connectivity index (χ0n) is 12.7. The average Bonchev–Trinajstić information content (AvgIpc) is 2.76. The number of hydrogen-bond donors (Lipinski definition) is 1. The molecule has 1 N–H and O–H groups in total. The first-order valence-corrected chi connectivity index (χ1v) is 7.94. The molecule has 1 heterocycles. The van der Waals surface area contributed by atoms with Crippen molar-refractivity contribution in [2.45, 2.75) is 39.3 Å². The molecule has 0 aliphatic carbocycles. The van der Waals surface area contributed by atoms with Crippen molar-refractivity contribution >= 4 is 23.2 Å². The van der Waals surface area contributed by atoms with Crippen molar-refractivity contribution in [2.24, 2.45) is 0 Å². The Balaban J connectivity index is 2.14. The smallest absolute Gasteiger partial charge is 0.0847 e. The van der Waals surface area contributed by atoms with Crippen LogP contribution in [-0.4, -0.2) is 22.9 Å². The van der Waals surface area contributed by atoms with Gasteiger partial charge < -0.3 is 5.32 Å². The number of halogens is 2. The third-order valence-electron chi connectivity index (χ3n) is 3.70. The van der Waals surface area contributed by atoms with E-state index in [1.54, 1.807) is 0 Å². The standard InChI is InChI=1S/C16H21Cl2N3/c1-4-21-15(16(18)11(2)20-21)10-14(19-3)9-12-5-7-13(17)8-6-12/h5-8,14,19H,4,9-10H2,1-3H3. The molecule has 114 valence electrons. The molecule has 1 aromatic carbocycles. The number of rotatable bonds is 6. The maximum Gasteiger partial charge on any atom is 0.0847 e. The minimum atomic E-state index is 0.310. The van der Waals surface area contributed by atoms with Crippen LogP contribution >= 0.6 is 23.2 Å². The first-order valence-electron chi connectivity index (χ1n) is 7.18. The number of likely N-dealkylation sites (N-methyl/N-ethyl adjacent to an activating group) is 1. The van der Waals surface area contributed by atoms with Crippen molar-refractivity contribution in [1.82, 2.24) is 15.1 Å². The summed E-state index contributed by atoms with van der Waals surface area (Å²) in [5.74, 6) is 0. The van der Waals surface area contributed by atoms with Gasteiger partial charge >= 0.3 is 0 Å². The molecule has 3 nitrogen and oxygen atoms in total. The molecule has 0 fully saturated rings. The fourth-order valence-corrected chi connectivity index (χ4v) is 2.82. The Kier molecular flexibility index (Phi) is 5.68. The highest BCUT2D eigenvalue weighted by molar-refractivity contribution is 6.31. The first-order chi connectivity index (χ1) is 10.0. The van der Waals surface area contributed by atoms with Gasteiger partial charge in [-0.2, -0.15) is 5.10 Å². The molecule has 2 rings (SSSR count). The highest BCUT2D eigenvalue weighted by Gasteiger charge is 2.17. The van der Waals surface area contributed by atoms with Crippen LogP contribution in [0.5, 0.6) is 0 Å². The summed E-state index contributed by atoms with van der Waals surface area (Å²) >= 11 is 12.3.